The molecule has 0 aromatic heterocycles. The Bertz CT molecular complexity index is 273. The van der Waals surface area contributed by atoms with E-state index in [9.17, 15) is 4.39 Å². The fraction of sp³-hybridized carbons (Fsp3) is 0.250. The monoisotopic (exact) mass is 236 g/mol. The molecule has 0 heterocycles. The van der Waals surface area contributed by atoms with Crippen molar-refractivity contribution in [1.82, 2.24) is 0 Å². The molecule has 0 bridgehead atoms. The molecule has 0 spiro atoms. The van der Waals surface area contributed by atoms with Crippen LogP contribution in [0, 0.1) is 12.7 Å². The third-order valence-electron chi connectivity index (χ3n) is 1.39. The summed E-state index contributed by atoms with van der Waals surface area (Å²) in [6.07, 6.45) is 0. The largest absolute Gasteiger partial charge is 0.205 e. The summed E-state index contributed by atoms with van der Waals surface area (Å²) in [5.41, 5.74) is 1.58. The molecule has 0 saturated heterocycles. The van der Waals surface area contributed by atoms with Crippen LogP contribution in [-0.4, -0.2) is 0 Å². The Hall–Kier alpha value is -0.0800. The Morgan fingerprint density at radius 3 is 2.73 bits per heavy atom. The summed E-state index contributed by atoms with van der Waals surface area (Å²) < 4.78 is 13.0. The molecule has 11 heavy (non-hydrogen) atoms. The highest BCUT2D eigenvalue weighted by Gasteiger charge is 2.05. The molecule has 0 amide bonds. The zero-order chi connectivity index (χ0) is 8.43. The maximum absolute atomic E-state index is 13.0. The predicted octanol–water partition coefficient (Wildman–Crippen LogP) is 3.68. The summed E-state index contributed by atoms with van der Waals surface area (Å²) in [5.74, 6) is -0.325. The molecule has 0 N–H and O–H groups in total. The minimum atomic E-state index is -0.325. The Labute approximate surface area is 78.5 Å². The number of hydrogen-bond acceptors (Lipinski definition) is 0. The maximum atomic E-state index is 13.0. The first-order chi connectivity index (χ1) is 5.15. The van der Waals surface area contributed by atoms with E-state index in [4.69, 9.17) is 11.6 Å². The van der Waals surface area contributed by atoms with E-state index in [2.05, 4.69) is 15.9 Å². The van der Waals surface area contributed by atoms with E-state index < -0.39 is 0 Å². The normalized spacial score (nSPS) is 10.2. The molecule has 1 rings (SSSR count). The van der Waals surface area contributed by atoms with Gasteiger partial charge in [-0.2, -0.15) is 0 Å². The smallest absolute Gasteiger partial charge is 0.145 e. The van der Waals surface area contributed by atoms with Gasteiger partial charge in [0.1, 0.15) is 5.82 Å². The topological polar surface area (TPSA) is 0 Å². The minimum absolute atomic E-state index is 0.194. The van der Waals surface area contributed by atoms with Crippen molar-refractivity contribution in [1.29, 1.82) is 0 Å². The first kappa shape index (κ1) is 9.01. The summed E-state index contributed by atoms with van der Waals surface area (Å²) in [5, 5.41) is 0.694. The zero-order valence-corrected chi connectivity index (χ0v) is 8.34. The number of aryl methyl sites for hydroxylation is 1. The number of halogens is 3. The van der Waals surface area contributed by atoms with Gasteiger partial charge in [0.05, 0.1) is 5.02 Å². The average molecular weight is 237 g/mol. The van der Waals surface area contributed by atoms with Crippen LogP contribution in [0.2, 0.25) is 5.02 Å². The molecule has 0 atom stereocenters. The van der Waals surface area contributed by atoms with E-state index in [1.807, 2.05) is 6.92 Å². The standard InChI is InChI=1S/C8H7BrClF/c1-5-2-6(4-9)8(11)7(10)3-5/h2-3H,4H2,1H3. The quantitative estimate of drug-likeness (QED) is 0.654. The number of alkyl halides is 1. The van der Waals surface area contributed by atoms with Crippen molar-refractivity contribution in [2.75, 3.05) is 0 Å². The van der Waals surface area contributed by atoms with Gasteiger partial charge in [-0.15, -0.1) is 0 Å². The molecule has 0 radical (unpaired) electrons. The Morgan fingerprint density at radius 1 is 1.55 bits per heavy atom. The third-order valence-corrected chi connectivity index (χ3v) is 2.27. The fourth-order valence-corrected chi connectivity index (χ4v) is 1.60. The van der Waals surface area contributed by atoms with Gasteiger partial charge in [0, 0.05) is 10.9 Å². The first-order valence-electron chi connectivity index (χ1n) is 3.15. The van der Waals surface area contributed by atoms with Crippen LogP contribution in [0.3, 0.4) is 0 Å². The molecule has 1 aromatic rings. The highest BCUT2D eigenvalue weighted by atomic mass is 79.9. The molecule has 0 aliphatic heterocycles. The van der Waals surface area contributed by atoms with E-state index in [0.29, 0.717) is 10.9 Å². The maximum Gasteiger partial charge on any atom is 0.145 e. The van der Waals surface area contributed by atoms with Gasteiger partial charge >= 0.3 is 0 Å². The summed E-state index contributed by atoms with van der Waals surface area (Å²) in [4.78, 5) is 0. The van der Waals surface area contributed by atoms with Gasteiger partial charge in [0.2, 0.25) is 0 Å². The van der Waals surface area contributed by atoms with E-state index in [1.165, 1.54) is 0 Å². The highest BCUT2D eigenvalue weighted by molar-refractivity contribution is 9.08. The van der Waals surface area contributed by atoms with Crippen LogP contribution in [0.25, 0.3) is 0 Å². The van der Waals surface area contributed by atoms with Crippen LogP contribution in [0.4, 0.5) is 4.39 Å². The van der Waals surface area contributed by atoms with Crippen molar-refractivity contribution in [3.63, 3.8) is 0 Å². The molecule has 0 aliphatic rings. The lowest BCUT2D eigenvalue weighted by molar-refractivity contribution is 0.617. The summed E-state index contributed by atoms with van der Waals surface area (Å²) in [7, 11) is 0. The Kier molecular flexibility index (Phi) is 2.90. The van der Waals surface area contributed by atoms with E-state index in [0.717, 1.165) is 5.56 Å². The molecule has 60 valence electrons. The highest BCUT2D eigenvalue weighted by Crippen LogP contribution is 2.21. The second kappa shape index (κ2) is 3.55. The summed E-state index contributed by atoms with van der Waals surface area (Å²) >= 11 is 8.78. The van der Waals surface area contributed by atoms with E-state index >= 15 is 0 Å². The lowest BCUT2D eigenvalue weighted by Crippen LogP contribution is -1.88. The molecule has 0 unspecified atom stereocenters. The van der Waals surface area contributed by atoms with Gasteiger partial charge < -0.3 is 0 Å². The third kappa shape index (κ3) is 1.94. The SMILES string of the molecule is Cc1cc(Cl)c(F)c(CBr)c1. The van der Waals surface area contributed by atoms with Crippen molar-refractivity contribution >= 4 is 27.5 Å². The van der Waals surface area contributed by atoms with Crippen LogP contribution >= 0.6 is 27.5 Å². The predicted molar refractivity (Wildman–Crippen MR) is 48.8 cm³/mol. The minimum Gasteiger partial charge on any atom is -0.205 e. The van der Waals surface area contributed by atoms with Crippen molar-refractivity contribution < 1.29 is 4.39 Å². The van der Waals surface area contributed by atoms with Crippen LogP contribution in [0.5, 0.6) is 0 Å². The van der Waals surface area contributed by atoms with Gasteiger partial charge in [0.25, 0.3) is 0 Å². The molecule has 3 heteroatoms. The molecular weight excluding hydrogens is 230 g/mol. The molecule has 0 fully saturated rings. The Balaban J connectivity index is 3.24. The van der Waals surface area contributed by atoms with Crippen LogP contribution in [-0.2, 0) is 5.33 Å². The van der Waals surface area contributed by atoms with Gasteiger partial charge in [-0.25, -0.2) is 4.39 Å². The lowest BCUT2D eigenvalue weighted by Gasteiger charge is -2.01. The fourth-order valence-electron chi connectivity index (χ4n) is 0.894. The second-order valence-electron chi connectivity index (χ2n) is 2.35. The van der Waals surface area contributed by atoms with Crippen molar-refractivity contribution in [2.45, 2.75) is 12.3 Å². The molecule has 0 nitrogen and oxygen atoms in total. The van der Waals surface area contributed by atoms with Crippen LogP contribution in [0.15, 0.2) is 12.1 Å². The van der Waals surface area contributed by atoms with Gasteiger partial charge in [0.15, 0.2) is 0 Å². The molecular formula is C8H7BrClF. The summed E-state index contributed by atoms with van der Waals surface area (Å²) in [6.45, 7) is 1.89. The van der Waals surface area contributed by atoms with Gasteiger partial charge in [-0.3, -0.25) is 0 Å². The van der Waals surface area contributed by atoms with Crippen molar-refractivity contribution in [3.05, 3.63) is 34.1 Å². The van der Waals surface area contributed by atoms with Gasteiger partial charge in [-0.1, -0.05) is 33.6 Å². The lowest BCUT2D eigenvalue weighted by atomic mass is 10.1. The van der Waals surface area contributed by atoms with E-state index in [1.54, 1.807) is 12.1 Å². The summed E-state index contributed by atoms with van der Waals surface area (Å²) in [6, 6.07) is 3.39. The van der Waals surface area contributed by atoms with Crippen LogP contribution in [0.1, 0.15) is 11.1 Å². The molecule has 0 saturated carbocycles. The van der Waals surface area contributed by atoms with Crippen molar-refractivity contribution in [3.8, 4) is 0 Å². The zero-order valence-electron chi connectivity index (χ0n) is 6.00. The molecule has 0 aliphatic carbocycles. The molecule has 1 aromatic carbocycles. The number of benzene rings is 1. The average Bonchev–Trinajstić information content (AvgIpc) is 1.96. The van der Waals surface area contributed by atoms with Crippen molar-refractivity contribution in [2.24, 2.45) is 0 Å². The number of rotatable bonds is 1. The number of hydrogen-bond donors (Lipinski definition) is 0. The second-order valence-corrected chi connectivity index (χ2v) is 3.32. The van der Waals surface area contributed by atoms with E-state index in [-0.39, 0.29) is 10.8 Å². The van der Waals surface area contributed by atoms with Crippen LogP contribution < -0.4 is 0 Å². The first-order valence-corrected chi connectivity index (χ1v) is 4.65. The Morgan fingerprint density at radius 2 is 2.18 bits per heavy atom. The van der Waals surface area contributed by atoms with Gasteiger partial charge in [-0.05, 0) is 18.6 Å².